The highest BCUT2D eigenvalue weighted by atomic mass is 19.4. The molecule has 0 spiro atoms. The van der Waals surface area contributed by atoms with Gasteiger partial charge in [-0.1, -0.05) is 26.0 Å². The second-order valence-electron chi connectivity index (χ2n) is 3.89. The number of aromatic nitrogens is 2. The van der Waals surface area contributed by atoms with Gasteiger partial charge in [0.25, 0.3) is 0 Å². The van der Waals surface area contributed by atoms with Crippen LogP contribution in [0.4, 0.5) is 13.2 Å². The van der Waals surface area contributed by atoms with Gasteiger partial charge in [0, 0.05) is 12.7 Å². The van der Waals surface area contributed by atoms with Crippen molar-refractivity contribution in [1.29, 1.82) is 0 Å². The lowest BCUT2D eigenvalue weighted by molar-refractivity contribution is -0.137. The van der Waals surface area contributed by atoms with Crippen molar-refractivity contribution < 1.29 is 13.2 Å². The summed E-state index contributed by atoms with van der Waals surface area (Å²) in [6.45, 7) is 6.23. The van der Waals surface area contributed by atoms with E-state index in [9.17, 15) is 13.2 Å². The van der Waals surface area contributed by atoms with E-state index in [2.05, 4.69) is 4.98 Å². The van der Waals surface area contributed by atoms with Crippen LogP contribution in [0.1, 0.15) is 30.7 Å². The van der Waals surface area contributed by atoms with Crippen LogP contribution in [0.25, 0.3) is 0 Å². The van der Waals surface area contributed by atoms with E-state index in [0.29, 0.717) is 12.1 Å². The molecule has 0 saturated heterocycles. The number of hydrogen-bond donors (Lipinski definition) is 0. The Morgan fingerprint density at radius 1 is 1.21 bits per heavy atom. The monoisotopic (exact) mass is 270 g/mol. The van der Waals surface area contributed by atoms with E-state index >= 15 is 0 Å². The molecular weight excluding hydrogens is 253 g/mol. The molecule has 0 aliphatic carbocycles. The summed E-state index contributed by atoms with van der Waals surface area (Å²) in [7, 11) is 0. The summed E-state index contributed by atoms with van der Waals surface area (Å²) >= 11 is 0. The molecule has 1 heterocycles. The van der Waals surface area contributed by atoms with Crippen LogP contribution in [0, 0.1) is 6.92 Å². The van der Waals surface area contributed by atoms with Crippen molar-refractivity contribution in [1.82, 2.24) is 9.55 Å². The molecule has 19 heavy (non-hydrogen) atoms. The third kappa shape index (κ3) is 4.43. The molecule has 0 unspecified atom stereocenters. The van der Waals surface area contributed by atoms with Crippen molar-refractivity contribution in [3.63, 3.8) is 0 Å². The van der Waals surface area contributed by atoms with Gasteiger partial charge in [-0.3, -0.25) is 0 Å². The van der Waals surface area contributed by atoms with Crippen LogP contribution in [0.2, 0.25) is 0 Å². The Kier molecular flexibility index (Phi) is 5.15. The smallest absolute Gasteiger partial charge is 0.333 e. The van der Waals surface area contributed by atoms with Gasteiger partial charge in [0.2, 0.25) is 0 Å². The Balaban J connectivity index is 0.000000861. The first-order valence-corrected chi connectivity index (χ1v) is 6.09. The first-order valence-electron chi connectivity index (χ1n) is 6.09. The number of imidazole rings is 1. The van der Waals surface area contributed by atoms with Crippen LogP contribution in [0.3, 0.4) is 0 Å². The van der Waals surface area contributed by atoms with E-state index in [1.807, 2.05) is 20.8 Å². The van der Waals surface area contributed by atoms with Crippen molar-refractivity contribution in [2.24, 2.45) is 0 Å². The molecule has 0 radical (unpaired) electrons. The van der Waals surface area contributed by atoms with Gasteiger partial charge in [-0.15, -0.1) is 0 Å². The van der Waals surface area contributed by atoms with E-state index in [-0.39, 0.29) is 0 Å². The highest BCUT2D eigenvalue weighted by Gasteiger charge is 2.30. The van der Waals surface area contributed by atoms with E-state index < -0.39 is 11.7 Å². The van der Waals surface area contributed by atoms with Gasteiger partial charge in [0.15, 0.2) is 0 Å². The minimum absolute atomic E-state index is 0.394. The fourth-order valence-electron chi connectivity index (χ4n) is 1.62. The van der Waals surface area contributed by atoms with Crippen LogP contribution in [0.5, 0.6) is 0 Å². The fraction of sp³-hybridized carbons (Fsp3) is 0.357. The zero-order valence-electron chi connectivity index (χ0n) is 11.2. The molecule has 1 aromatic carbocycles. The molecule has 0 saturated carbocycles. The highest BCUT2D eigenvalue weighted by Crippen LogP contribution is 2.29. The molecule has 0 fully saturated rings. The molecule has 0 bridgehead atoms. The molecule has 104 valence electrons. The van der Waals surface area contributed by atoms with Crippen LogP contribution in [-0.4, -0.2) is 9.55 Å². The van der Waals surface area contributed by atoms with Crippen LogP contribution in [-0.2, 0) is 12.7 Å². The van der Waals surface area contributed by atoms with Crippen LogP contribution < -0.4 is 0 Å². The maximum atomic E-state index is 12.5. The van der Waals surface area contributed by atoms with Crippen LogP contribution >= 0.6 is 0 Å². The quantitative estimate of drug-likeness (QED) is 0.796. The molecule has 2 aromatic rings. The second-order valence-corrected chi connectivity index (χ2v) is 3.89. The zero-order chi connectivity index (χ0) is 14.5. The summed E-state index contributed by atoms with van der Waals surface area (Å²) in [6, 6.07) is 5.32. The van der Waals surface area contributed by atoms with E-state index in [0.717, 1.165) is 17.8 Å². The predicted octanol–water partition coefficient (Wildman–Crippen LogP) is 4.28. The molecule has 2 nitrogen and oxygen atoms in total. The van der Waals surface area contributed by atoms with Gasteiger partial charge < -0.3 is 4.57 Å². The van der Waals surface area contributed by atoms with E-state index in [1.165, 1.54) is 6.07 Å². The Morgan fingerprint density at radius 2 is 1.89 bits per heavy atom. The molecule has 0 amide bonds. The predicted molar refractivity (Wildman–Crippen MR) is 68.9 cm³/mol. The number of rotatable bonds is 2. The Labute approximate surface area is 110 Å². The lowest BCUT2D eigenvalue weighted by atomic mass is 10.1. The lowest BCUT2D eigenvalue weighted by Gasteiger charge is -2.08. The molecule has 1 aromatic heterocycles. The zero-order valence-corrected chi connectivity index (χ0v) is 11.2. The first kappa shape index (κ1) is 15.3. The Morgan fingerprint density at radius 3 is 2.42 bits per heavy atom. The van der Waals surface area contributed by atoms with Gasteiger partial charge in [0.05, 0.1) is 17.6 Å². The van der Waals surface area contributed by atoms with E-state index in [4.69, 9.17) is 0 Å². The summed E-state index contributed by atoms with van der Waals surface area (Å²) in [5.74, 6) is 0. The number of nitrogens with zero attached hydrogens (tertiary/aromatic N) is 2. The summed E-state index contributed by atoms with van der Waals surface area (Å²) in [5, 5.41) is 0. The van der Waals surface area contributed by atoms with Gasteiger partial charge in [-0.25, -0.2) is 4.98 Å². The van der Waals surface area contributed by atoms with E-state index in [1.54, 1.807) is 23.2 Å². The maximum Gasteiger partial charge on any atom is 0.416 e. The number of benzene rings is 1. The average Bonchev–Trinajstić information content (AvgIpc) is 2.77. The van der Waals surface area contributed by atoms with Gasteiger partial charge >= 0.3 is 6.18 Å². The molecule has 0 atom stereocenters. The fourth-order valence-corrected chi connectivity index (χ4v) is 1.62. The third-order valence-electron chi connectivity index (χ3n) is 2.38. The van der Waals surface area contributed by atoms with Crippen molar-refractivity contribution in [3.8, 4) is 0 Å². The minimum Gasteiger partial charge on any atom is -0.333 e. The van der Waals surface area contributed by atoms with Crippen LogP contribution in [0.15, 0.2) is 36.8 Å². The molecular formula is C14H17F3N2. The van der Waals surface area contributed by atoms with Gasteiger partial charge in [0.1, 0.15) is 0 Å². The van der Waals surface area contributed by atoms with Crippen molar-refractivity contribution in [2.75, 3.05) is 0 Å². The molecule has 0 N–H and O–H groups in total. The molecule has 5 heteroatoms. The molecule has 0 aliphatic rings. The summed E-state index contributed by atoms with van der Waals surface area (Å²) in [6.07, 6.45) is -0.892. The second kappa shape index (κ2) is 6.41. The molecule has 2 rings (SSSR count). The third-order valence-corrected chi connectivity index (χ3v) is 2.38. The average molecular weight is 270 g/mol. The number of alkyl halides is 3. The van der Waals surface area contributed by atoms with Gasteiger partial charge in [-0.2, -0.15) is 13.2 Å². The van der Waals surface area contributed by atoms with Crippen molar-refractivity contribution >= 4 is 0 Å². The van der Waals surface area contributed by atoms with Crippen molar-refractivity contribution in [2.45, 2.75) is 33.5 Å². The standard InChI is InChI=1S/C12H11F3N2.C2H6/c1-9-6-17(8-16-9)7-10-3-2-4-11(5-10)12(13,14)15;1-2/h2-6,8H,7H2,1H3;1-2H3. The highest BCUT2D eigenvalue weighted by molar-refractivity contribution is 5.25. The number of aryl methyl sites for hydroxylation is 1. The summed E-state index contributed by atoms with van der Waals surface area (Å²) < 4.78 is 39.2. The SMILES string of the molecule is CC.Cc1cn(Cc2cccc(C(F)(F)F)c2)cn1. The summed E-state index contributed by atoms with van der Waals surface area (Å²) in [4.78, 5) is 4.02. The first-order chi connectivity index (χ1) is 8.95. The topological polar surface area (TPSA) is 17.8 Å². The maximum absolute atomic E-state index is 12.5. The molecule has 0 aliphatic heterocycles. The number of hydrogen-bond acceptors (Lipinski definition) is 1. The lowest BCUT2D eigenvalue weighted by Crippen LogP contribution is -2.06. The van der Waals surface area contributed by atoms with Crippen molar-refractivity contribution in [3.05, 3.63) is 53.6 Å². The normalized spacial score (nSPS) is 10.8. The Hall–Kier alpha value is -1.78. The minimum atomic E-state index is -4.29. The number of halogens is 3. The summed E-state index contributed by atoms with van der Waals surface area (Å²) in [5.41, 5.74) is 0.834. The largest absolute Gasteiger partial charge is 0.416 e. The Bertz CT molecular complexity index is 515. The van der Waals surface area contributed by atoms with Gasteiger partial charge in [-0.05, 0) is 24.6 Å².